The fourth-order valence-electron chi connectivity index (χ4n) is 2.08. The minimum atomic E-state index is 0.571. The molecule has 0 fully saturated rings. The molecular formula is C16H23N3OS. The van der Waals surface area contributed by atoms with Crippen molar-refractivity contribution >= 4 is 22.6 Å². The van der Waals surface area contributed by atoms with Crippen molar-refractivity contribution < 1.29 is 4.74 Å². The Labute approximate surface area is 130 Å². The lowest BCUT2D eigenvalue weighted by molar-refractivity contribution is 0.305. The minimum absolute atomic E-state index is 0.571. The van der Waals surface area contributed by atoms with Crippen molar-refractivity contribution in [1.29, 1.82) is 0 Å². The van der Waals surface area contributed by atoms with E-state index in [0.29, 0.717) is 5.17 Å². The Morgan fingerprint density at radius 2 is 1.95 bits per heavy atom. The van der Waals surface area contributed by atoms with Gasteiger partial charge in [-0.1, -0.05) is 30.8 Å². The standard InChI is InChI=1S/C16H23N3OS/c1-2-13-7-9-15(10-8-13)20-11-5-3-4-6-14-12-21-16(17)19-18-14/h7-10H,2-6,11-12H2,1H3,(H2,17,19). The SMILES string of the molecule is CCc1ccc(OCCCCCC2=NN=C(N)SC2)cc1. The maximum atomic E-state index is 5.74. The van der Waals surface area contributed by atoms with E-state index in [-0.39, 0.29) is 0 Å². The Morgan fingerprint density at radius 3 is 2.62 bits per heavy atom. The van der Waals surface area contributed by atoms with E-state index in [1.807, 2.05) is 0 Å². The molecule has 1 aromatic carbocycles. The number of thioether (sulfide) groups is 1. The third-order valence-corrected chi connectivity index (χ3v) is 4.24. The molecule has 0 spiro atoms. The highest BCUT2D eigenvalue weighted by Gasteiger charge is 2.07. The van der Waals surface area contributed by atoms with Crippen LogP contribution in [0.5, 0.6) is 5.75 Å². The van der Waals surface area contributed by atoms with Crippen LogP contribution in [-0.2, 0) is 6.42 Å². The summed E-state index contributed by atoms with van der Waals surface area (Å²) in [6, 6.07) is 8.35. The summed E-state index contributed by atoms with van der Waals surface area (Å²) in [5.41, 5.74) is 8.04. The van der Waals surface area contributed by atoms with Gasteiger partial charge in [0.2, 0.25) is 0 Å². The van der Waals surface area contributed by atoms with E-state index in [0.717, 1.165) is 55.9 Å². The molecule has 1 aliphatic rings. The van der Waals surface area contributed by atoms with Crippen LogP contribution in [0.1, 0.15) is 38.2 Å². The Hall–Kier alpha value is -1.49. The van der Waals surface area contributed by atoms with Crippen LogP contribution < -0.4 is 10.5 Å². The lowest BCUT2D eigenvalue weighted by Gasteiger charge is -2.09. The molecule has 114 valence electrons. The second-order valence-corrected chi connectivity index (χ2v) is 6.05. The van der Waals surface area contributed by atoms with Crippen LogP contribution in [0.2, 0.25) is 0 Å². The molecule has 0 saturated heterocycles. The third-order valence-electron chi connectivity index (χ3n) is 3.39. The number of unbranched alkanes of at least 4 members (excludes halogenated alkanes) is 2. The molecule has 0 unspecified atom stereocenters. The highest BCUT2D eigenvalue weighted by Crippen LogP contribution is 2.14. The molecule has 0 saturated carbocycles. The van der Waals surface area contributed by atoms with Crippen LogP contribution in [0.15, 0.2) is 34.5 Å². The number of benzene rings is 1. The van der Waals surface area contributed by atoms with Gasteiger partial charge >= 0.3 is 0 Å². The van der Waals surface area contributed by atoms with E-state index in [1.54, 1.807) is 11.8 Å². The van der Waals surface area contributed by atoms with Crippen LogP contribution in [0, 0.1) is 0 Å². The summed E-state index contributed by atoms with van der Waals surface area (Å²) < 4.78 is 5.74. The number of nitrogens with zero attached hydrogens (tertiary/aromatic N) is 2. The van der Waals surface area contributed by atoms with E-state index in [2.05, 4.69) is 41.4 Å². The molecule has 4 nitrogen and oxygen atoms in total. The van der Waals surface area contributed by atoms with Gasteiger partial charge in [-0.15, -0.1) is 5.10 Å². The fourth-order valence-corrected chi connectivity index (χ4v) is 2.69. The lowest BCUT2D eigenvalue weighted by atomic mass is 10.1. The summed E-state index contributed by atoms with van der Waals surface area (Å²) in [6.45, 7) is 2.93. The molecule has 0 aliphatic carbocycles. The van der Waals surface area contributed by atoms with Gasteiger partial charge in [0.25, 0.3) is 0 Å². The summed E-state index contributed by atoms with van der Waals surface area (Å²) in [5, 5.41) is 8.59. The quantitative estimate of drug-likeness (QED) is 0.746. The topological polar surface area (TPSA) is 60.0 Å². The largest absolute Gasteiger partial charge is 0.494 e. The predicted molar refractivity (Wildman–Crippen MR) is 91.3 cm³/mol. The van der Waals surface area contributed by atoms with E-state index < -0.39 is 0 Å². The van der Waals surface area contributed by atoms with Crippen molar-refractivity contribution in [3.63, 3.8) is 0 Å². The zero-order valence-corrected chi connectivity index (χ0v) is 13.4. The molecule has 1 aromatic rings. The van der Waals surface area contributed by atoms with Crippen LogP contribution in [0.4, 0.5) is 0 Å². The number of nitrogens with two attached hydrogens (primary N) is 1. The van der Waals surface area contributed by atoms with Gasteiger partial charge in [-0.2, -0.15) is 5.10 Å². The Balaban J connectivity index is 1.55. The maximum Gasteiger partial charge on any atom is 0.180 e. The molecular weight excluding hydrogens is 282 g/mol. The van der Waals surface area contributed by atoms with Crippen molar-refractivity contribution in [3.8, 4) is 5.75 Å². The molecule has 0 aromatic heterocycles. The Kier molecular flexibility index (Phi) is 6.60. The minimum Gasteiger partial charge on any atom is -0.494 e. The normalized spacial score (nSPS) is 14.5. The molecule has 0 bridgehead atoms. The van der Waals surface area contributed by atoms with E-state index in [9.17, 15) is 0 Å². The molecule has 0 amide bonds. The zero-order chi connectivity index (χ0) is 14.9. The first kappa shape index (κ1) is 15.9. The zero-order valence-electron chi connectivity index (χ0n) is 12.5. The van der Waals surface area contributed by atoms with Crippen molar-refractivity contribution in [1.82, 2.24) is 0 Å². The number of hydrogen-bond donors (Lipinski definition) is 1. The van der Waals surface area contributed by atoms with Gasteiger partial charge in [-0.25, -0.2) is 0 Å². The number of aryl methyl sites for hydroxylation is 1. The average molecular weight is 305 g/mol. The van der Waals surface area contributed by atoms with Crippen LogP contribution in [-0.4, -0.2) is 23.2 Å². The summed E-state index contributed by atoms with van der Waals surface area (Å²) in [7, 11) is 0. The van der Waals surface area contributed by atoms with Gasteiger partial charge in [0.1, 0.15) is 5.75 Å². The summed E-state index contributed by atoms with van der Waals surface area (Å²) in [4.78, 5) is 0. The molecule has 0 atom stereocenters. The van der Waals surface area contributed by atoms with Gasteiger partial charge in [0.05, 0.1) is 12.3 Å². The molecule has 2 rings (SSSR count). The predicted octanol–water partition coefficient (Wildman–Crippen LogP) is 3.61. The van der Waals surface area contributed by atoms with E-state index in [4.69, 9.17) is 10.5 Å². The smallest absolute Gasteiger partial charge is 0.180 e. The van der Waals surface area contributed by atoms with E-state index in [1.165, 1.54) is 5.56 Å². The average Bonchev–Trinajstić information content (AvgIpc) is 2.53. The Bertz CT molecular complexity index is 497. The van der Waals surface area contributed by atoms with Gasteiger partial charge in [-0.05, 0) is 49.8 Å². The first-order chi connectivity index (χ1) is 10.3. The summed E-state index contributed by atoms with van der Waals surface area (Å²) in [6.07, 6.45) is 5.43. The van der Waals surface area contributed by atoms with Crippen molar-refractivity contribution in [2.45, 2.75) is 39.0 Å². The monoisotopic (exact) mass is 305 g/mol. The molecule has 21 heavy (non-hydrogen) atoms. The highest BCUT2D eigenvalue weighted by molar-refractivity contribution is 8.14. The third kappa shape index (κ3) is 5.79. The maximum absolute atomic E-state index is 5.74. The lowest BCUT2D eigenvalue weighted by Crippen LogP contribution is -2.15. The van der Waals surface area contributed by atoms with Gasteiger partial charge in [0.15, 0.2) is 5.17 Å². The van der Waals surface area contributed by atoms with Crippen molar-refractivity contribution in [3.05, 3.63) is 29.8 Å². The van der Waals surface area contributed by atoms with Crippen LogP contribution in [0.3, 0.4) is 0 Å². The molecule has 1 aliphatic heterocycles. The number of rotatable bonds is 8. The number of amidine groups is 1. The first-order valence-corrected chi connectivity index (χ1v) is 8.50. The number of hydrogen-bond acceptors (Lipinski definition) is 5. The van der Waals surface area contributed by atoms with Crippen molar-refractivity contribution in [2.24, 2.45) is 15.9 Å². The van der Waals surface area contributed by atoms with Gasteiger partial charge in [-0.3, -0.25) is 0 Å². The fraction of sp³-hybridized carbons (Fsp3) is 0.500. The number of ether oxygens (including phenoxy) is 1. The molecule has 0 radical (unpaired) electrons. The van der Waals surface area contributed by atoms with E-state index >= 15 is 0 Å². The van der Waals surface area contributed by atoms with Gasteiger partial charge in [0, 0.05) is 5.75 Å². The second kappa shape index (κ2) is 8.72. The summed E-state index contributed by atoms with van der Waals surface area (Å²) >= 11 is 1.57. The van der Waals surface area contributed by atoms with Crippen LogP contribution >= 0.6 is 11.8 Å². The first-order valence-electron chi connectivity index (χ1n) is 7.51. The highest BCUT2D eigenvalue weighted by atomic mass is 32.2. The summed E-state index contributed by atoms with van der Waals surface area (Å²) in [5.74, 6) is 1.85. The molecule has 5 heteroatoms. The van der Waals surface area contributed by atoms with Gasteiger partial charge < -0.3 is 10.5 Å². The second-order valence-electron chi connectivity index (χ2n) is 5.05. The van der Waals surface area contributed by atoms with Crippen molar-refractivity contribution in [2.75, 3.05) is 12.4 Å². The van der Waals surface area contributed by atoms with Crippen LogP contribution in [0.25, 0.3) is 0 Å². The molecule has 1 heterocycles. The molecule has 2 N–H and O–H groups in total. The Morgan fingerprint density at radius 1 is 1.14 bits per heavy atom.